The van der Waals surface area contributed by atoms with Crippen molar-refractivity contribution < 1.29 is 13.2 Å². The van der Waals surface area contributed by atoms with Gasteiger partial charge in [0, 0.05) is 44.0 Å². The van der Waals surface area contributed by atoms with E-state index in [0.29, 0.717) is 36.8 Å². The Hall–Kier alpha value is -1.89. The molecule has 0 bridgehead atoms. The molecule has 124 valence electrons. The number of halogens is 4. The van der Waals surface area contributed by atoms with Crippen molar-refractivity contribution in [2.24, 2.45) is 9.98 Å². The molecular formula is C15H16ClF3N4. The van der Waals surface area contributed by atoms with E-state index in [9.17, 15) is 13.2 Å². The molecular weight excluding hydrogens is 329 g/mol. The lowest BCUT2D eigenvalue weighted by Crippen LogP contribution is -2.28. The van der Waals surface area contributed by atoms with Gasteiger partial charge >= 0.3 is 6.18 Å². The van der Waals surface area contributed by atoms with E-state index in [-0.39, 0.29) is 5.82 Å². The number of hydrogen-bond acceptors (Lipinski definition) is 4. The van der Waals surface area contributed by atoms with Gasteiger partial charge in [0.15, 0.2) is 0 Å². The molecule has 4 nitrogen and oxygen atoms in total. The van der Waals surface area contributed by atoms with Crippen molar-refractivity contribution in [3.8, 4) is 0 Å². The molecule has 1 aliphatic rings. The molecule has 1 aromatic heterocycles. The summed E-state index contributed by atoms with van der Waals surface area (Å²) in [4.78, 5) is 13.4. The van der Waals surface area contributed by atoms with Crippen LogP contribution < -0.4 is 4.90 Å². The highest BCUT2D eigenvalue weighted by atomic mass is 35.5. The first-order valence-electron chi connectivity index (χ1n) is 6.97. The van der Waals surface area contributed by atoms with Crippen molar-refractivity contribution in [3.05, 3.63) is 35.2 Å². The number of rotatable bonds is 3. The Kier molecular flexibility index (Phi) is 5.41. The third-order valence-electron chi connectivity index (χ3n) is 3.63. The van der Waals surface area contributed by atoms with Crippen LogP contribution in [-0.4, -0.2) is 37.0 Å². The molecule has 0 spiro atoms. The SMILES string of the molecule is C=NC1=C(C(Cl)=NC)CCN(c2ncccc2C(F)(F)F)CC1. The fraction of sp³-hybridized carbons (Fsp3) is 0.400. The molecule has 0 aromatic carbocycles. The molecule has 2 heterocycles. The number of alkyl halides is 3. The van der Waals surface area contributed by atoms with Gasteiger partial charge in [0.25, 0.3) is 0 Å². The Morgan fingerprint density at radius 3 is 2.65 bits per heavy atom. The average molecular weight is 345 g/mol. The van der Waals surface area contributed by atoms with E-state index in [4.69, 9.17) is 11.6 Å². The first-order valence-corrected chi connectivity index (χ1v) is 7.34. The molecule has 0 saturated heterocycles. The van der Waals surface area contributed by atoms with Crippen molar-refractivity contribution in [3.63, 3.8) is 0 Å². The van der Waals surface area contributed by atoms with Crippen LogP contribution in [0.5, 0.6) is 0 Å². The summed E-state index contributed by atoms with van der Waals surface area (Å²) in [5.41, 5.74) is 0.635. The minimum absolute atomic E-state index is 0.0748. The lowest BCUT2D eigenvalue weighted by Gasteiger charge is -2.24. The van der Waals surface area contributed by atoms with Gasteiger partial charge in [0.1, 0.15) is 11.0 Å². The summed E-state index contributed by atoms with van der Waals surface area (Å²) in [5, 5.41) is 0.311. The number of pyridine rings is 1. The number of nitrogens with zero attached hydrogens (tertiary/aromatic N) is 4. The van der Waals surface area contributed by atoms with Crippen LogP contribution in [0.25, 0.3) is 0 Å². The van der Waals surface area contributed by atoms with Crippen LogP contribution in [0.15, 0.2) is 39.6 Å². The number of hydrogen-bond donors (Lipinski definition) is 0. The third kappa shape index (κ3) is 3.90. The third-order valence-corrected chi connectivity index (χ3v) is 4.02. The Morgan fingerprint density at radius 2 is 2.04 bits per heavy atom. The molecule has 0 atom stereocenters. The summed E-state index contributed by atoms with van der Waals surface area (Å²) in [6.07, 6.45) is -2.23. The monoisotopic (exact) mass is 344 g/mol. The van der Waals surface area contributed by atoms with Crippen molar-refractivity contribution in [1.82, 2.24) is 4.98 Å². The van der Waals surface area contributed by atoms with E-state index in [0.717, 1.165) is 11.6 Å². The van der Waals surface area contributed by atoms with Crippen LogP contribution in [0.1, 0.15) is 18.4 Å². The quantitative estimate of drug-likeness (QED) is 0.780. The lowest BCUT2D eigenvalue weighted by molar-refractivity contribution is -0.137. The first kappa shape index (κ1) is 17.5. The number of anilines is 1. The van der Waals surface area contributed by atoms with Crippen LogP contribution in [0, 0.1) is 0 Å². The maximum Gasteiger partial charge on any atom is 0.419 e. The highest BCUT2D eigenvalue weighted by Gasteiger charge is 2.36. The molecule has 0 radical (unpaired) electrons. The van der Waals surface area contributed by atoms with Gasteiger partial charge in [-0.3, -0.25) is 9.98 Å². The zero-order valence-electron chi connectivity index (χ0n) is 12.6. The van der Waals surface area contributed by atoms with Gasteiger partial charge in [-0.25, -0.2) is 4.98 Å². The normalized spacial score (nSPS) is 17.3. The topological polar surface area (TPSA) is 40.9 Å². The van der Waals surface area contributed by atoms with E-state index < -0.39 is 11.7 Å². The highest BCUT2D eigenvalue weighted by Crippen LogP contribution is 2.36. The van der Waals surface area contributed by atoms with Crippen LogP contribution in [0.2, 0.25) is 0 Å². The van der Waals surface area contributed by atoms with Crippen LogP contribution in [0.3, 0.4) is 0 Å². The molecule has 8 heteroatoms. The van der Waals surface area contributed by atoms with E-state index in [1.54, 1.807) is 11.9 Å². The van der Waals surface area contributed by atoms with Gasteiger partial charge in [-0.15, -0.1) is 0 Å². The fourth-order valence-electron chi connectivity index (χ4n) is 2.51. The largest absolute Gasteiger partial charge is 0.419 e. The minimum atomic E-state index is -4.45. The van der Waals surface area contributed by atoms with Crippen LogP contribution in [-0.2, 0) is 6.18 Å². The summed E-state index contributed by atoms with van der Waals surface area (Å²) >= 11 is 6.08. The van der Waals surface area contributed by atoms with Crippen molar-refractivity contribution in [2.75, 3.05) is 25.0 Å². The van der Waals surface area contributed by atoms with E-state index in [1.165, 1.54) is 12.3 Å². The Labute approximate surface area is 137 Å². The average Bonchev–Trinajstić information content (AvgIpc) is 2.75. The first-order chi connectivity index (χ1) is 10.9. The van der Waals surface area contributed by atoms with Gasteiger partial charge < -0.3 is 4.90 Å². The maximum atomic E-state index is 13.2. The molecule has 2 rings (SSSR count). The van der Waals surface area contributed by atoms with Crippen molar-refractivity contribution in [2.45, 2.75) is 19.0 Å². The predicted molar refractivity (Wildman–Crippen MR) is 86.5 cm³/mol. The summed E-state index contributed by atoms with van der Waals surface area (Å²) in [7, 11) is 1.55. The second-order valence-electron chi connectivity index (χ2n) is 4.96. The Balaban J connectivity index is 2.32. The molecule has 0 fully saturated rings. The zero-order valence-corrected chi connectivity index (χ0v) is 13.3. The fourth-order valence-corrected chi connectivity index (χ4v) is 2.71. The van der Waals surface area contributed by atoms with Gasteiger partial charge in [0.05, 0.1) is 5.56 Å². The van der Waals surface area contributed by atoms with Crippen LogP contribution in [0.4, 0.5) is 19.0 Å². The molecule has 0 N–H and O–H groups in total. The van der Waals surface area contributed by atoms with Gasteiger partial charge in [-0.2, -0.15) is 13.2 Å². The smallest absolute Gasteiger partial charge is 0.355 e. The zero-order chi connectivity index (χ0) is 17.0. The van der Waals surface area contributed by atoms with Gasteiger partial charge in [0.2, 0.25) is 0 Å². The van der Waals surface area contributed by atoms with Crippen molar-refractivity contribution >= 4 is 29.3 Å². The predicted octanol–water partition coefficient (Wildman–Crippen LogP) is 3.92. The lowest BCUT2D eigenvalue weighted by atomic mass is 10.1. The van der Waals surface area contributed by atoms with Crippen molar-refractivity contribution in [1.29, 1.82) is 0 Å². The van der Waals surface area contributed by atoms with E-state index in [2.05, 4.69) is 21.7 Å². The summed E-state index contributed by atoms with van der Waals surface area (Å²) in [6, 6.07) is 2.32. The summed E-state index contributed by atoms with van der Waals surface area (Å²) < 4.78 is 39.5. The maximum absolute atomic E-state index is 13.2. The summed E-state index contributed by atoms with van der Waals surface area (Å²) in [6.45, 7) is 4.21. The second-order valence-corrected chi connectivity index (χ2v) is 5.32. The number of aromatic nitrogens is 1. The van der Waals surface area contributed by atoms with Gasteiger partial charge in [-0.1, -0.05) is 11.6 Å². The molecule has 23 heavy (non-hydrogen) atoms. The molecule has 0 amide bonds. The Bertz CT molecular complexity index is 652. The number of aliphatic imine (C=N–C) groups is 2. The Morgan fingerprint density at radius 1 is 1.35 bits per heavy atom. The van der Waals surface area contributed by atoms with Crippen LogP contribution >= 0.6 is 11.6 Å². The highest BCUT2D eigenvalue weighted by molar-refractivity contribution is 6.69. The summed E-state index contributed by atoms with van der Waals surface area (Å²) in [5.74, 6) is -0.0748. The molecule has 0 unspecified atom stereocenters. The minimum Gasteiger partial charge on any atom is -0.355 e. The standard InChI is InChI=1S/C15H16ClF3N4/c1-20-12-6-9-23(8-5-10(12)13(16)21-2)14-11(15(17,18)19)4-3-7-22-14/h3-4,7H,1,5-6,8-9H2,2H3. The second kappa shape index (κ2) is 7.12. The van der Waals surface area contributed by atoms with E-state index >= 15 is 0 Å². The van der Waals surface area contributed by atoms with Gasteiger partial charge in [-0.05, 0) is 25.3 Å². The molecule has 1 aromatic rings. The molecule has 0 aliphatic carbocycles. The molecule has 1 aliphatic heterocycles. The molecule has 0 saturated carbocycles. The van der Waals surface area contributed by atoms with E-state index in [1.807, 2.05) is 0 Å².